The maximum atomic E-state index is 12.0. The minimum absolute atomic E-state index is 0.0682. The zero-order valence-corrected chi connectivity index (χ0v) is 22.4. The largest absolute Gasteiger partial charge is 0.462 e. The molecule has 0 heterocycles. The molecule has 188 valence electrons. The van der Waals surface area contributed by atoms with Crippen LogP contribution < -0.4 is 0 Å². The summed E-state index contributed by atoms with van der Waals surface area (Å²) in [6.07, 6.45) is 23.2. The third-order valence-electron chi connectivity index (χ3n) is 10.8. The van der Waals surface area contributed by atoms with Gasteiger partial charge in [0.15, 0.2) is 0 Å². The molecule has 3 fully saturated rings. The van der Waals surface area contributed by atoms with Gasteiger partial charge in [0.1, 0.15) is 6.10 Å². The van der Waals surface area contributed by atoms with Crippen LogP contribution in [-0.2, 0) is 9.53 Å². The molecule has 0 amide bonds. The van der Waals surface area contributed by atoms with Crippen molar-refractivity contribution in [2.24, 2.45) is 34.5 Å². The van der Waals surface area contributed by atoms with Crippen LogP contribution in [0.1, 0.15) is 124 Å². The molecule has 0 aromatic carbocycles. The summed E-state index contributed by atoms with van der Waals surface area (Å²) in [6, 6.07) is 0. The normalized spacial score (nSPS) is 39.9. The van der Waals surface area contributed by atoms with Gasteiger partial charge in [0.25, 0.3) is 0 Å². The van der Waals surface area contributed by atoms with Gasteiger partial charge in [-0.3, -0.25) is 4.79 Å². The first-order valence-corrected chi connectivity index (χ1v) is 14.9. The van der Waals surface area contributed by atoms with Crippen molar-refractivity contribution >= 4 is 17.6 Å². The Morgan fingerprint density at radius 2 is 1.82 bits per heavy atom. The monoisotopic (exact) mass is 476 g/mol. The Morgan fingerprint density at radius 1 is 1.03 bits per heavy atom. The van der Waals surface area contributed by atoms with Crippen molar-refractivity contribution in [3.05, 3.63) is 11.6 Å². The van der Waals surface area contributed by atoms with E-state index in [1.165, 1.54) is 83.5 Å². The molecule has 0 aliphatic heterocycles. The van der Waals surface area contributed by atoms with Crippen molar-refractivity contribution < 1.29 is 9.53 Å². The second-order valence-corrected chi connectivity index (χ2v) is 12.8. The lowest BCUT2D eigenvalue weighted by Gasteiger charge is -2.58. The van der Waals surface area contributed by atoms with E-state index in [9.17, 15) is 4.79 Å². The fraction of sp³-hybridized carbons (Fsp3) is 0.900. The molecule has 3 saturated carbocycles. The van der Waals surface area contributed by atoms with Crippen molar-refractivity contribution in [1.82, 2.24) is 0 Å². The molecule has 3 heteroatoms. The number of ether oxygens (including phenoxy) is 1. The highest BCUT2D eigenvalue weighted by Gasteiger charge is 2.58. The lowest BCUT2D eigenvalue weighted by Crippen LogP contribution is -2.50. The number of halogens is 1. The molecule has 0 spiro atoms. The molecule has 0 saturated heterocycles. The predicted molar refractivity (Wildman–Crippen MR) is 138 cm³/mol. The summed E-state index contributed by atoms with van der Waals surface area (Å²) < 4.78 is 5.77. The standard InChI is InChI=1S/C30H49ClO2/c1-4-5-6-7-8-9-10-22-12-14-26-25-13-11-23-21-24(33-28(32)17-20-31)15-18-30(23,3)27(25)16-19-29(22,26)2/h11,22,24-27H,4-10,12-21H2,1-3H3. The smallest absolute Gasteiger partial charge is 0.307 e. The van der Waals surface area contributed by atoms with Gasteiger partial charge in [-0.15, -0.1) is 11.6 Å². The van der Waals surface area contributed by atoms with E-state index in [4.69, 9.17) is 16.3 Å². The second kappa shape index (κ2) is 11.0. The average molecular weight is 477 g/mol. The molecule has 2 nitrogen and oxygen atoms in total. The third-order valence-corrected chi connectivity index (χ3v) is 10.9. The van der Waals surface area contributed by atoms with Crippen LogP contribution in [0.2, 0.25) is 0 Å². The van der Waals surface area contributed by atoms with Crippen LogP contribution in [0, 0.1) is 34.5 Å². The molecule has 0 radical (unpaired) electrons. The minimum atomic E-state index is -0.122. The first kappa shape index (κ1) is 25.6. The topological polar surface area (TPSA) is 26.3 Å². The quantitative estimate of drug-likeness (QED) is 0.136. The summed E-state index contributed by atoms with van der Waals surface area (Å²) in [7, 11) is 0. The Balaban J connectivity index is 1.37. The fourth-order valence-corrected chi connectivity index (χ4v) is 8.96. The van der Waals surface area contributed by atoms with Gasteiger partial charge < -0.3 is 4.74 Å². The second-order valence-electron chi connectivity index (χ2n) is 12.4. The number of unbranched alkanes of at least 4 members (excludes halogenated alkanes) is 5. The molecule has 33 heavy (non-hydrogen) atoms. The van der Waals surface area contributed by atoms with Gasteiger partial charge >= 0.3 is 5.97 Å². The number of esters is 1. The van der Waals surface area contributed by atoms with E-state index in [-0.39, 0.29) is 12.1 Å². The first-order chi connectivity index (χ1) is 15.9. The van der Waals surface area contributed by atoms with E-state index in [0.717, 1.165) is 36.5 Å². The SMILES string of the molecule is CCCCCCCCC1CCC2C3CC=C4CC(OC(=O)CCCl)CCC4(C)C3CCC12C. The van der Waals surface area contributed by atoms with Crippen molar-refractivity contribution in [1.29, 1.82) is 0 Å². The number of rotatable bonds is 10. The summed E-state index contributed by atoms with van der Waals surface area (Å²) >= 11 is 5.73. The Hall–Kier alpha value is -0.500. The Bertz CT molecular complexity index is 701. The molecular weight excluding hydrogens is 428 g/mol. The van der Waals surface area contributed by atoms with E-state index in [1.807, 2.05) is 0 Å². The van der Waals surface area contributed by atoms with Crippen molar-refractivity contribution in [2.45, 2.75) is 130 Å². The number of hydrogen-bond donors (Lipinski definition) is 0. The molecule has 7 atom stereocenters. The molecule has 7 unspecified atom stereocenters. The maximum absolute atomic E-state index is 12.0. The summed E-state index contributed by atoms with van der Waals surface area (Å²) in [6.45, 7) is 7.54. The zero-order valence-electron chi connectivity index (χ0n) is 21.7. The van der Waals surface area contributed by atoms with Crippen LogP contribution in [0.3, 0.4) is 0 Å². The number of fused-ring (bicyclic) bond motifs is 5. The van der Waals surface area contributed by atoms with Gasteiger partial charge in [-0.1, -0.05) is 70.9 Å². The summed E-state index contributed by atoms with van der Waals surface area (Å²) in [4.78, 5) is 12.0. The van der Waals surface area contributed by atoms with Gasteiger partial charge in [-0.25, -0.2) is 0 Å². The highest BCUT2D eigenvalue weighted by atomic mass is 35.5. The minimum Gasteiger partial charge on any atom is -0.462 e. The predicted octanol–water partition coefficient (Wildman–Crippen LogP) is 8.86. The number of alkyl halides is 1. The number of carbonyl (C=O) groups excluding carboxylic acids is 1. The lowest BCUT2D eigenvalue weighted by atomic mass is 9.47. The zero-order chi connectivity index (χ0) is 23.5. The van der Waals surface area contributed by atoms with Gasteiger partial charge in [-0.05, 0) is 85.9 Å². The van der Waals surface area contributed by atoms with E-state index < -0.39 is 0 Å². The van der Waals surface area contributed by atoms with Crippen molar-refractivity contribution in [3.63, 3.8) is 0 Å². The summed E-state index contributed by atoms with van der Waals surface area (Å²) in [5, 5.41) is 0. The molecule has 0 N–H and O–H groups in total. The summed E-state index contributed by atoms with van der Waals surface area (Å²) in [5.74, 6) is 3.84. The molecular formula is C30H49ClO2. The lowest BCUT2D eigenvalue weighted by molar-refractivity contribution is -0.151. The molecule has 0 aromatic rings. The van der Waals surface area contributed by atoms with Crippen molar-refractivity contribution in [2.75, 3.05) is 5.88 Å². The number of allylic oxidation sites excluding steroid dienone is 1. The van der Waals surface area contributed by atoms with E-state index >= 15 is 0 Å². The van der Waals surface area contributed by atoms with Crippen LogP contribution in [0.15, 0.2) is 11.6 Å². The Kier molecular flexibility index (Phi) is 8.57. The summed E-state index contributed by atoms with van der Waals surface area (Å²) in [5.41, 5.74) is 2.52. The van der Waals surface area contributed by atoms with E-state index in [0.29, 0.717) is 23.1 Å². The molecule has 4 aliphatic carbocycles. The van der Waals surface area contributed by atoms with Crippen LogP contribution in [0.5, 0.6) is 0 Å². The highest BCUT2D eigenvalue weighted by molar-refractivity contribution is 6.18. The van der Waals surface area contributed by atoms with Gasteiger partial charge in [0.05, 0.1) is 6.42 Å². The Labute approximate surface area is 208 Å². The molecule has 0 bridgehead atoms. The van der Waals surface area contributed by atoms with E-state index in [1.54, 1.807) is 5.57 Å². The first-order valence-electron chi connectivity index (χ1n) is 14.4. The number of carbonyl (C=O) groups is 1. The highest BCUT2D eigenvalue weighted by Crippen LogP contribution is 2.66. The van der Waals surface area contributed by atoms with Crippen LogP contribution in [0.4, 0.5) is 0 Å². The Morgan fingerprint density at radius 3 is 2.61 bits per heavy atom. The van der Waals surface area contributed by atoms with Crippen LogP contribution in [0.25, 0.3) is 0 Å². The van der Waals surface area contributed by atoms with Crippen LogP contribution in [-0.4, -0.2) is 18.0 Å². The van der Waals surface area contributed by atoms with Gasteiger partial charge in [-0.2, -0.15) is 0 Å². The van der Waals surface area contributed by atoms with E-state index in [2.05, 4.69) is 26.8 Å². The molecule has 4 rings (SSSR count). The number of hydrogen-bond acceptors (Lipinski definition) is 2. The molecule has 4 aliphatic rings. The third kappa shape index (κ3) is 5.22. The van der Waals surface area contributed by atoms with Gasteiger partial charge in [0.2, 0.25) is 0 Å². The molecule has 0 aromatic heterocycles. The fourth-order valence-electron chi connectivity index (χ4n) is 8.80. The van der Waals surface area contributed by atoms with Gasteiger partial charge in [0, 0.05) is 12.3 Å². The average Bonchev–Trinajstić information content (AvgIpc) is 3.13. The van der Waals surface area contributed by atoms with Crippen molar-refractivity contribution in [3.8, 4) is 0 Å². The van der Waals surface area contributed by atoms with Crippen LogP contribution >= 0.6 is 11.6 Å². The maximum Gasteiger partial charge on any atom is 0.307 e.